The van der Waals surface area contributed by atoms with Gasteiger partial charge in [0, 0.05) is 12.6 Å². The molecule has 7 heteroatoms. The number of ketones is 1. The Labute approximate surface area is 179 Å². The van der Waals surface area contributed by atoms with Crippen LogP contribution in [0, 0.1) is 6.92 Å². The van der Waals surface area contributed by atoms with Gasteiger partial charge in [-0.15, -0.1) is 11.3 Å². The highest BCUT2D eigenvalue weighted by Crippen LogP contribution is 2.42. The number of benzene rings is 1. The lowest BCUT2D eigenvalue weighted by molar-refractivity contribution is -0.116. The molecule has 0 saturated heterocycles. The third kappa shape index (κ3) is 3.10. The summed E-state index contributed by atoms with van der Waals surface area (Å²) >= 11 is 1.63. The molecule has 30 heavy (non-hydrogen) atoms. The van der Waals surface area contributed by atoms with Crippen molar-refractivity contribution in [3.8, 4) is 27.6 Å². The zero-order valence-corrected chi connectivity index (χ0v) is 18.2. The van der Waals surface area contributed by atoms with E-state index in [-0.39, 0.29) is 5.78 Å². The van der Waals surface area contributed by atoms with Gasteiger partial charge < -0.3 is 4.57 Å². The Kier molecular flexibility index (Phi) is 4.62. The number of imidazole rings is 1. The first-order valence-corrected chi connectivity index (χ1v) is 11.0. The van der Waals surface area contributed by atoms with E-state index >= 15 is 0 Å². The maximum absolute atomic E-state index is 11.7. The highest BCUT2D eigenvalue weighted by atomic mass is 32.1. The molecule has 0 aliphatic heterocycles. The van der Waals surface area contributed by atoms with Gasteiger partial charge in [-0.05, 0) is 44.7 Å². The molecule has 4 aromatic rings. The van der Waals surface area contributed by atoms with Crippen LogP contribution < -0.4 is 0 Å². The Bertz CT molecular complexity index is 1260. The summed E-state index contributed by atoms with van der Waals surface area (Å²) in [5.74, 6) is 0.141. The second-order valence-electron chi connectivity index (χ2n) is 7.88. The van der Waals surface area contributed by atoms with Gasteiger partial charge in [0.05, 0.1) is 46.6 Å². The molecular formula is C23H23N5OS. The lowest BCUT2D eigenvalue weighted by Crippen LogP contribution is -2.02. The van der Waals surface area contributed by atoms with Crippen LogP contribution in [-0.4, -0.2) is 30.1 Å². The Balaban J connectivity index is 1.80. The van der Waals surface area contributed by atoms with Gasteiger partial charge >= 0.3 is 0 Å². The van der Waals surface area contributed by atoms with Crippen LogP contribution >= 0.6 is 11.3 Å². The topological polar surface area (TPSA) is 65.6 Å². The van der Waals surface area contributed by atoms with Crippen molar-refractivity contribution in [1.29, 1.82) is 0 Å². The molecule has 1 aliphatic rings. The summed E-state index contributed by atoms with van der Waals surface area (Å²) in [5.41, 5.74) is 7.65. The molecule has 0 amide bonds. The Morgan fingerprint density at radius 2 is 2.07 bits per heavy atom. The first-order chi connectivity index (χ1) is 14.5. The summed E-state index contributed by atoms with van der Waals surface area (Å²) in [6, 6.07) is 8.31. The fourth-order valence-electron chi connectivity index (χ4n) is 4.16. The van der Waals surface area contributed by atoms with Crippen LogP contribution in [0.1, 0.15) is 35.2 Å². The van der Waals surface area contributed by atoms with Crippen LogP contribution in [0.15, 0.2) is 36.8 Å². The number of thiazole rings is 1. The molecule has 0 N–H and O–H groups in total. The molecule has 0 bridgehead atoms. The summed E-state index contributed by atoms with van der Waals surface area (Å²) in [7, 11) is 2.00. The first kappa shape index (κ1) is 18.9. The van der Waals surface area contributed by atoms with Crippen LogP contribution in [0.5, 0.6) is 0 Å². The van der Waals surface area contributed by atoms with Crippen molar-refractivity contribution in [2.24, 2.45) is 7.05 Å². The van der Waals surface area contributed by atoms with Crippen molar-refractivity contribution in [3.05, 3.63) is 58.6 Å². The quantitative estimate of drug-likeness (QED) is 0.496. The smallest absolute Gasteiger partial charge is 0.136 e. The van der Waals surface area contributed by atoms with E-state index in [4.69, 9.17) is 10.1 Å². The van der Waals surface area contributed by atoms with E-state index in [1.54, 1.807) is 18.3 Å². The number of carbonyl (C=O) groups is 1. The number of aryl methyl sites for hydroxylation is 3. The van der Waals surface area contributed by atoms with Gasteiger partial charge in [-0.25, -0.2) is 14.6 Å². The summed E-state index contributed by atoms with van der Waals surface area (Å²) in [6.45, 7) is 3.73. The molecule has 3 heterocycles. The van der Waals surface area contributed by atoms with Crippen molar-refractivity contribution >= 4 is 17.1 Å². The number of Topliss-reactive ketones (excluding diaryl/α,β-unsaturated/α-hetero) is 1. The number of fused-ring (bicyclic) bond motifs is 3. The van der Waals surface area contributed by atoms with E-state index in [2.05, 4.69) is 28.7 Å². The van der Waals surface area contributed by atoms with E-state index in [0.717, 1.165) is 57.6 Å². The molecule has 0 saturated carbocycles. The maximum atomic E-state index is 11.7. The van der Waals surface area contributed by atoms with E-state index in [1.165, 1.54) is 11.1 Å². The highest BCUT2D eigenvalue weighted by molar-refractivity contribution is 7.15. The molecule has 5 rings (SSSR count). The average Bonchev–Trinajstić information content (AvgIpc) is 3.36. The van der Waals surface area contributed by atoms with Crippen LogP contribution in [0.2, 0.25) is 0 Å². The minimum atomic E-state index is 0.141. The number of hydrogen-bond acceptors (Lipinski definition) is 5. The summed E-state index contributed by atoms with van der Waals surface area (Å²) in [6.07, 6.45) is 6.94. The van der Waals surface area contributed by atoms with Gasteiger partial charge in [-0.1, -0.05) is 18.2 Å². The Morgan fingerprint density at radius 3 is 2.80 bits per heavy atom. The van der Waals surface area contributed by atoms with Gasteiger partial charge in [-0.2, -0.15) is 5.10 Å². The Hall–Kier alpha value is -3.06. The third-order valence-electron chi connectivity index (χ3n) is 5.58. The predicted molar refractivity (Wildman–Crippen MR) is 118 cm³/mol. The van der Waals surface area contributed by atoms with Crippen molar-refractivity contribution in [2.75, 3.05) is 0 Å². The third-order valence-corrected chi connectivity index (χ3v) is 6.69. The molecule has 0 atom stereocenters. The van der Waals surface area contributed by atoms with Gasteiger partial charge in [0.25, 0.3) is 0 Å². The molecule has 0 radical (unpaired) electrons. The van der Waals surface area contributed by atoms with E-state index in [0.29, 0.717) is 6.42 Å². The van der Waals surface area contributed by atoms with E-state index in [9.17, 15) is 4.79 Å². The summed E-state index contributed by atoms with van der Waals surface area (Å²) < 4.78 is 4.09. The van der Waals surface area contributed by atoms with Gasteiger partial charge in [0.1, 0.15) is 16.5 Å². The monoisotopic (exact) mass is 417 g/mol. The summed E-state index contributed by atoms with van der Waals surface area (Å²) in [5, 5.41) is 5.99. The van der Waals surface area contributed by atoms with E-state index < -0.39 is 0 Å². The van der Waals surface area contributed by atoms with Crippen molar-refractivity contribution in [1.82, 2.24) is 24.3 Å². The number of carbonyl (C=O) groups excluding carboxylic acids is 1. The largest absolute Gasteiger partial charge is 0.332 e. The zero-order chi connectivity index (χ0) is 20.8. The fourth-order valence-corrected chi connectivity index (χ4v) is 5.40. The minimum Gasteiger partial charge on any atom is -0.332 e. The van der Waals surface area contributed by atoms with E-state index in [1.807, 2.05) is 36.3 Å². The fraction of sp³-hybridized carbons (Fsp3) is 0.304. The predicted octanol–water partition coefficient (Wildman–Crippen LogP) is 4.32. The van der Waals surface area contributed by atoms with Crippen LogP contribution in [0.25, 0.3) is 27.6 Å². The van der Waals surface area contributed by atoms with Gasteiger partial charge in [0.15, 0.2) is 0 Å². The number of rotatable bonds is 4. The minimum absolute atomic E-state index is 0.141. The molecule has 0 fully saturated rings. The van der Waals surface area contributed by atoms with Crippen molar-refractivity contribution < 1.29 is 4.79 Å². The van der Waals surface area contributed by atoms with Crippen LogP contribution in [-0.2, 0) is 31.1 Å². The second-order valence-corrected chi connectivity index (χ2v) is 8.96. The standard InChI is InChI=1S/C23H23N5OS/c1-14-7-4-5-10-18(14)28-22-16(21(26-28)19-12-24-13-27(19)3)8-6-9-17-23(22)30-20(25-17)11-15(2)29/h4-5,7,10,12-13H,6,8-9,11H2,1-3H3. The number of nitrogens with zero attached hydrogens (tertiary/aromatic N) is 5. The van der Waals surface area contributed by atoms with Gasteiger partial charge in [0.2, 0.25) is 0 Å². The molecule has 152 valence electrons. The molecule has 0 spiro atoms. The lowest BCUT2D eigenvalue weighted by Gasteiger charge is -2.10. The van der Waals surface area contributed by atoms with Gasteiger partial charge in [-0.3, -0.25) is 4.79 Å². The maximum Gasteiger partial charge on any atom is 0.136 e. The van der Waals surface area contributed by atoms with Crippen LogP contribution in [0.3, 0.4) is 0 Å². The number of aromatic nitrogens is 5. The summed E-state index contributed by atoms with van der Waals surface area (Å²) in [4.78, 5) is 22.0. The van der Waals surface area contributed by atoms with Crippen LogP contribution in [0.4, 0.5) is 0 Å². The molecule has 1 aliphatic carbocycles. The molecule has 3 aromatic heterocycles. The SMILES string of the molecule is CC(=O)Cc1nc2c(s1)-c1c(c(-c3cncn3C)nn1-c1ccccc1C)CCC2. The molecular weight excluding hydrogens is 394 g/mol. The second kappa shape index (κ2) is 7.32. The average molecular weight is 418 g/mol. The molecule has 1 aromatic carbocycles. The molecule has 6 nitrogen and oxygen atoms in total. The number of para-hydroxylation sites is 1. The normalized spacial score (nSPS) is 13.0. The van der Waals surface area contributed by atoms with Crippen molar-refractivity contribution in [3.63, 3.8) is 0 Å². The zero-order valence-electron chi connectivity index (χ0n) is 17.3. The Morgan fingerprint density at radius 1 is 1.23 bits per heavy atom. The number of hydrogen-bond donors (Lipinski definition) is 0. The highest BCUT2D eigenvalue weighted by Gasteiger charge is 2.29. The molecule has 0 unspecified atom stereocenters. The first-order valence-electron chi connectivity index (χ1n) is 10.2. The van der Waals surface area contributed by atoms with Crippen molar-refractivity contribution in [2.45, 2.75) is 39.5 Å². The lowest BCUT2D eigenvalue weighted by atomic mass is 10.1.